The summed E-state index contributed by atoms with van der Waals surface area (Å²) >= 11 is 0. The van der Waals surface area contributed by atoms with Crippen LogP contribution in [0.25, 0.3) is 0 Å². The van der Waals surface area contributed by atoms with Crippen LogP contribution >= 0.6 is 0 Å². The molecule has 0 aromatic heterocycles. The number of amides is 1. The molecule has 0 aliphatic rings. The maximum Gasteiger partial charge on any atom is 0.234 e. The van der Waals surface area contributed by atoms with Crippen LogP contribution in [-0.4, -0.2) is 36.2 Å². The molecule has 0 aromatic rings. The molecule has 0 spiro atoms. The van der Waals surface area contributed by atoms with Gasteiger partial charge in [0.15, 0.2) is 0 Å². The molecule has 0 unspecified atom stereocenters. The Morgan fingerprint density at radius 2 is 1.75 bits per heavy atom. The van der Waals surface area contributed by atoms with Gasteiger partial charge in [-0.15, -0.1) is 0 Å². The van der Waals surface area contributed by atoms with Gasteiger partial charge in [0.1, 0.15) is 0 Å². The highest BCUT2D eigenvalue weighted by molar-refractivity contribution is 5.78. The first kappa shape index (κ1) is 15.4. The molecule has 1 amide bonds. The summed E-state index contributed by atoms with van der Waals surface area (Å²) in [6.07, 6.45) is 0.737. The molecule has 0 saturated carbocycles. The van der Waals surface area contributed by atoms with E-state index in [2.05, 4.69) is 24.5 Å². The molecule has 96 valence electrons. The van der Waals surface area contributed by atoms with Crippen molar-refractivity contribution in [1.82, 2.24) is 10.6 Å². The lowest BCUT2D eigenvalue weighted by Gasteiger charge is -2.25. The van der Waals surface area contributed by atoms with E-state index < -0.39 is 0 Å². The van der Waals surface area contributed by atoms with Crippen molar-refractivity contribution >= 4 is 5.91 Å². The Balaban J connectivity index is 3.78. The van der Waals surface area contributed by atoms with Gasteiger partial charge in [-0.05, 0) is 32.6 Å². The Hall–Kier alpha value is -0.610. The lowest BCUT2D eigenvalue weighted by molar-refractivity contribution is -0.121. The van der Waals surface area contributed by atoms with Gasteiger partial charge < -0.3 is 15.7 Å². The fourth-order valence-corrected chi connectivity index (χ4v) is 1.37. The van der Waals surface area contributed by atoms with Crippen molar-refractivity contribution in [2.45, 2.75) is 46.6 Å². The van der Waals surface area contributed by atoms with E-state index in [0.717, 1.165) is 13.0 Å². The molecule has 0 rings (SSSR count). The summed E-state index contributed by atoms with van der Waals surface area (Å²) in [7, 11) is 0. The molecular formula is C12H26N2O2. The van der Waals surface area contributed by atoms with Crippen molar-refractivity contribution in [2.24, 2.45) is 5.41 Å². The highest BCUT2D eigenvalue weighted by Crippen LogP contribution is 2.17. The Morgan fingerprint density at radius 3 is 2.19 bits per heavy atom. The highest BCUT2D eigenvalue weighted by Gasteiger charge is 2.18. The minimum absolute atomic E-state index is 0.00676. The summed E-state index contributed by atoms with van der Waals surface area (Å²) in [5.74, 6) is 0.00676. The van der Waals surface area contributed by atoms with E-state index in [9.17, 15) is 4.79 Å². The number of aliphatic hydroxyl groups is 1. The second-order valence-corrected chi connectivity index (χ2v) is 6.04. The van der Waals surface area contributed by atoms with Gasteiger partial charge in [0.2, 0.25) is 5.91 Å². The topological polar surface area (TPSA) is 61.4 Å². The third kappa shape index (κ3) is 8.68. The zero-order valence-electron chi connectivity index (χ0n) is 11.2. The minimum Gasteiger partial charge on any atom is -0.396 e. The smallest absolute Gasteiger partial charge is 0.234 e. The molecule has 0 atom stereocenters. The van der Waals surface area contributed by atoms with Gasteiger partial charge in [-0.3, -0.25) is 4.79 Å². The van der Waals surface area contributed by atoms with Gasteiger partial charge in [-0.25, -0.2) is 0 Å². The van der Waals surface area contributed by atoms with E-state index in [1.807, 2.05) is 20.8 Å². The first-order valence-corrected chi connectivity index (χ1v) is 5.79. The quantitative estimate of drug-likeness (QED) is 0.635. The van der Waals surface area contributed by atoms with Crippen molar-refractivity contribution in [1.29, 1.82) is 0 Å². The molecular weight excluding hydrogens is 204 g/mol. The van der Waals surface area contributed by atoms with Crippen LogP contribution in [0.1, 0.15) is 41.0 Å². The van der Waals surface area contributed by atoms with E-state index in [4.69, 9.17) is 5.11 Å². The van der Waals surface area contributed by atoms with Gasteiger partial charge in [0, 0.05) is 18.7 Å². The number of carbonyl (C=O) groups excluding carboxylic acids is 1. The number of aliphatic hydroxyl groups excluding tert-OH is 1. The molecule has 4 nitrogen and oxygen atoms in total. The largest absolute Gasteiger partial charge is 0.396 e. The number of hydrogen-bond acceptors (Lipinski definition) is 3. The zero-order valence-corrected chi connectivity index (χ0v) is 11.2. The highest BCUT2D eigenvalue weighted by atomic mass is 16.3. The summed E-state index contributed by atoms with van der Waals surface area (Å²) in [6, 6.07) is 0. The average molecular weight is 230 g/mol. The van der Waals surface area contributed by atoms with E-state index in [1.165, 1.54) is 0 Å². The summed E-state index contributed by atoms with van der Waals surface area (Å²) < 4.78 is 0. The van der Waals surface area contributed by atoms with Gasteiger partial charge in [-0.1, -0.05) is 13.8 Å². The lowest BCUT2D eigenvalue weighted by Crippen LogP contribution is -2.46. The number of nitrogens with one attached hydrogen (secondary N) is 2. The van der Waals surface area contributed by atoms with Crippen molar-refractivity contribution in [3.8, 4) is 0 Å². The average Bonchev–Trinajstić information content (AvgIpc) is 1.99. The SMILES string of the molecule is CC(C)(CCO)CNCC(=O)NC(C)(C)C. The first-order valence-electron chi connectivity index (χ1n) is 5.79. The molecule has 0 aliphatic carbocycles. The molecule has 0 heterocycles. The summed E-state index contributed by atoms with van der Waals surface area (Å²) in [5, 5.41) is 14.9. The van der Waals surface area contributed by atoms with Gasteiger partial charge in [0.25, 0.3) is 0 Å². The first-order chi connectivity index (χ1) is 7.16. The van der Waals surface area contributed by atoms with Crippen LogP contribution in [0.5, 0.6) is 0 Å². The molecule has 3 N–H and O–H groups in total. The van der Waals surface area contributed by atoms with Crippen LogP contribution < -0.4 is 10.6 Å². The predicted molar refractivity (Wildman–Crippen MR) is 66.2 cm³/mol. The minimum atomic E-state index is -0.181. The molecule has 0 aliphatic heterocycles. The summed E-state index contributed by atoms with van der Waals surface area (Å²) in [5.41, 5.74) is -0.157. The maximum atomic E-state index is 11.5. The van der Waals surface area contributed by atoms with Crippen LogP contribution in [0.15, 0.2) is 0 Å². The van der Waals surface area contributed by atoms with Crippen LogP contribution in [0.2, 0.25) is 0 Å². The molecule has 0 bridgehead atoms. The van der Waals surface area contributed by atoms with Gasteiger partial charge in [0.05, 0.1) is 6.54 Å². The van der Waals surface area contributed by atoms with Crippen molar-refractivity contribution in [3.05, 3.63) is 0 Å². The normalized spacial score (nSPS) is 12.6. The monoisotopic (exact) mass is 230 g/mol. The summed E-state index contributed by atoms with van der Waals surface area (Å²) in [6.45, 7) is 11.2. The van der Waals surface area contributed by atoms with Gasteiger partial charge >= 0.3 is 0 Å². The van der Waals surface area contributed by atoms with Crippen LogP contribution in [0.3, 0.4) is 0 Å². The van der Waals surface area contributed by atoms with E-state index in [-0.39, 0.29) is 23.5 Å². The number of rotatable bonds is 6. The van der Waals surface area contributed by atoms with E-state index >= 15 is 0 Å². The second kappa shape index (κ2) is 6.21. The fourth-order valence-electron chi connectivity index (χ4n) is 1.37. The maximum absolute atomic E-state index is 11.5. The van der Waals surface area contributed by atoms with E-state index in [1.54, 1.807) is 0 Å². The molecule has 4 heteroatoms. The predicted octanol–water partition coefficient (Wildman–Crippen LogP) is 0.899. The third-order valence-electron chi connectivity index (χ3n) is 2.19. The molecule has 16 heavy (non-hydrogen) atoms. The molecule has 0 radical (unpaired) electrons. The molecule has 0 aromatic carbocycles. The van der Waals surface area contributed by atoms with Crippen molar-refractivity contribution in [3.63, 3.8) is 0 Å². The molecule has 0 saturated heterocycles. The fraction of sp³-hybridized carbons (Fsp3) is 0.917. The van der Waals surface area contributed by atoms with E-state index in [0.29, 0.717) is 6.54 Å². The summed E-state index contributed by atoms with van der Waals surface area (Å²) in [4.78, 5) is 11.5. The van der Waals surface area contributed by atoms with Crippen LogP contribution in [-0.2, 0) is 4.79 Å². The van der Waals surface area contributed by atoms with Crippen LogP contribution in [0, 0.1) is 5.41 Å². The van der Waals surface area contributed by atoms with Gasteiger partial charge in [-0.2, -0.15) is 0 Å². The van der Waals surface area contributed by atoms with Crippen LogP contribution in [0.4, 0.5) is 0 Å². The number of carbonyl (C=O) groups is 1. The lowest BCUT2D eigenvalue weighted by atomic mass is 9.90. The standard InChI is InChI=1S/C12H26N2O2/c1-11(2,3)14-10(16)8-13-9-12(4,5)6-7-15/h13,15H,6-9H2,1-5H3,(H,14,16). The third-order valence-corrected chi connectivity index (χ3v) is 2.19. The Kier molecular flexibility index (Phi) is 5.97. The second-order valence-electron chi connectivity index (χ2n) is 6.04. The van der Waals surface area contributed by atoms with Crippen molar-refractivity contribution in [2.75, 3.05) is 19.7 Å². The Labute approximate surface area is 98.8 Å². The Bertz CT molecular complexity index is 220. The Morgan fingerprint density at radius 1 is 1.19 bits per heavy atom. The molecule has 0 fully saturated rings. The number of hydrogen-bond donors (Lipinski definition) is 3. The van der Waals surface area contributed by atoms with Crippen molar-refractivity contribution < 1.29 is 9.90 Å². The zero-order chi connectivity index (χ0) is 12.8.